The average molecular weight is 393 g/mol. The topological polar surface area (TPSA) is 79.3 Å². The fourth-order valence-corrected chi connectivity index (χ4v) is 4.17. The summed E-state index contributed by atoms with van der Waals surface area (Å²) >= 11 is 3.31. The first kappa shape index (κ1) is 20.5. The van der Waals surface area contributed by atoms with Gasteiger partial charge in [-0.25, -0.2) is 4.98 Å². The second kappa shape index (κ2) is 9.19. The van der Waals surface area contributed by atoms with E-state index in [2.05, 4.69) is 15.7 Å². The molecule has 1 aromatic carbocycles. The number of amides is 1. The number of nitrogens with one attached hydrogen (secondary N) is 1. The minimum atomic E-state index is -0.905. The molecule has 0 saturated carbocycles. The van der Waals surface area contributed by atoms with E-state index in [-0.39, 0.29) is 12.3 Å². The maximum Gasteiger partial charge on any atom is 0.305 e. The highest BCUT2D eigenvalue weighted by molar-refractivity contribution is 7.98. The van der Waals surface area contributed by atoms with Crippen molar-refractivity contribution in [1.29, 1.82) is 0 Å². The van der Waals surface area contributed by atoms with Gasteiger partial charge in [-0.2, -0.15) is 0 Å². The number of aromatic nitrogens is 1. The van der Waals surface area contributed by atoms with Crippen molar-refractivity contribution < 1.29 is 14.7 Å². The summed E-state index contributed by atoms with van der Waals surface area (Å²) in [6.45, 7) is 5.78. The second-order valence-corrected chi connectivity index (χ2v) is 8.29. The average Bonchev–Trinajstić information content (AvgIpc) is 3.04. The Morgan fingerprint density at radius 1 is 1.23 bits per heavy atom. The first-order valence-electron chi connectivity index (χ1n) is 8.55. The summed E-state index contributed by atoms with van der Waals surface area (Å²) in [5.74, 6) is -0.344. The maximum atomic E-state index is 12.5. The van der Waals surface area contributed by atoms with Crippen LogP contribution in [0.4, 0.5) is 0 Å². The second-order valence-electron chi connectivity index (χ2n) is 6.18. The molecule has 1 aromatic heterocycles. The van der Waals surface area contributed by atoms with Gasteiger partial charge in [0.15, 0.2) is 0 Å². The van der Waals surface area contributed by atoms with Crippen molar-refractivity contribution in [3.8, 4) is 0 Å². The lowest BCUT2D eigenvalue weighted by atomic mass is 9.88. The standard InChI is InChI=1S/C19H24N2O3S2/c1-4-19(5-2,10-17(22)23)21-18(24)14-6-8-16(9-7-14)26-12-15-11-25-13(3)20-15/h6-9,11H,4-5,10,12H2,1-3H3,(H,21,24)(H,22,23). The number of hydrogen-bond donors (Lipinski definition) is 2. The van der Waals surface area contributed by atoms with Crippen LogP contribution < -0.4 is 5.32 Å². The molecule has 2 aromatic rings. The first-order chi connectivity index (χ1) is 12.4. The molecule has 0 atom stereocenters. The van der Waals surface area contributed by atoms with E-state index >= 15 is 0 Å². The third-order valence-corrected chi connectivity index (χ3v) is 6.26. The number of rotatable bonds is 9. The normalized spacial score (nSPS) is 11.3. The van der Waals surface area contributed by atoms with Crippen LogP contribution in [0, 0.1) is 6.92 Å². The Kier molecular flexibility index (Phi) is 7.23. The number of aliphatic carboxylic acids is 1. The van der Waals surface area contributed by atoms with Gasteiger partial charge < -0.3 is 10.4 Å². The molecule has 0 saturated heterocycles. The van der Waals surface area contributed by atoms with Crippen LogP contribution in [0.15, 0.2) is 34.5 Å². The van der Waals surface area contributed by atoms with Gasteiger partial charge in [0.05, 0.1) is 22.7 Å². The fraction of sp³-hybridized carbons (Fsp3) is 0.421. The molecule has 1 heterocycles. The molecular formula is C19H24N2O3S2. The lowest BCUT2D eigenvalue weighted by Gasteiger charge is -2.31. The summed E-state index contributed by atoms with van der Waals surface area (Å²) in [4.78, 5) is 29.2. The molecule has 0 aliphatic heterocycles. The van der Waals surface area contributed by atoms with Crippen LogP contribution in [-0.2, 0) is 10.5 Å². The van der Waals surface area contributed by atoms with Gasteiger partial charge >= 0.3 is 5.97 Å². The van der Waals surface area contributed by atoms with E-state index < -0.39 is 11.5 Å². The SMILES string of the molecule is CCC(CC)(CC(=O)O)NC(=O)c1ccc(SCc2csc(C)n2)cc1. The van der Waals surface area contributed by atoms with Crippen molar-refractivity contribution in [2.24, 2.45) is 0 Å². The number of hydrogen-bond acceptors (Lipinski definition) is 5. The van der Waals surface area contributed by atoms with Crippen LogP contribution in [0.2, 0.25) is 0 Å². The Hall–Kier alpha value is -1.86. The van der Waals surface area contributed by atoms with Crippen molar-refractivity contribution in [3.05, 3.63) is 45.9 Å². The molecule has 0 fully saturated rings. The molecule has 2 N–H and O–H groups in total. The number of thiazole rings is 1. The Bertz CT molecular complexity index is 752. The Balaban J connectivity index is 1.99. The summed E-state index contributed by atoms with van der Waals surface area (Å²) in [5, 5.41) is 15.2. The van der Waals surface area contributed by atoms with E-state index in [1.165, 1.54) is 0 Å². The van der Waals surface area contributed by atoms with Crippen molar-refractivity contribution >= 4 is 35.0 Å². The molecule has 0 aliphatic carbocycles. The molecule has 5 nitrogen and oxygen atoms in total. The molecule has 140 valence electrons. The smallest absolute Gasteiger partial charge is 0.305 e. The molecule has 0 bridgehead atoms. The minimum Gasteiger partial charge on any atom is -0.481 e. The fourth-order valence-electron chi connectivity index (χ4n) is 2.66. The van der Waals surface area contributed by atoms with Gasteiger partial charge in [0, 0.05) is 21.6 Å². The molecule has 2 rings (SSSR count). The van der Waals surface area contributed by atoms with Crippen LogP contribution in [0.3, 0.4) is 0 Å². The summed E-state index contributed by atoms with van der Waals surface area (Å²) in [6.07, 6.45) is 1.07. The molecule has 0 aliphatic rings. The van der Waals surface area contributed by atoms with Crippen molar-refractivity contribution in [1.82, 2.24) is 10.3 Å². The predicted octanol–water partition coefficient (Wildman–Crippen LogP) is 4.51. The van der Waals surface area contributed by atoms with E-state index in [0.29, 0.717) is 18.4 Å². The molecular weight excluding hydrogens is 368 g/mol. The maximum absolute atomic E-state index is 12.5. The van der Waals surface area contributed by atoms with Crippen molar-refractivity contribution in [3.63, 3.8) is 0 Å². The number of carbonyl (C=O) groups excluding carboxylic acids is 1. The zero-order chi connectivity index (χ0) is 19.2. The molecule has 26 heavy (non-hydrogen) atoms. The highest BCUT2D eigenvalue weighted by atomic mass is 32.2. The highest BCUT2D eigenvalue weighted by Crippen LogP contribution is 2.25. The summed E-state index contributed by atoms with van der Waals surface area (Å²) in [6, 6.07) is 7.38. The Morgan fingerprint density at radius 3 is 2.38 bits per heavy atom. The number of carbonyl (C=O) groups is 2. The summed E-state index contributed by atoms with van der Waals surface area (Å²) in [7, 11) is 0. The van der Waals surface area contributed by atoms with Crippen LogP contribution in [0.1, 0.15) is 54.2 Å². The van der Waals surface area contributed by atoms with Crippen LogP contribution >= 0.6 is 23.1 Å². The molecule has 7 heteroatoms. The first-order valence-corrected chi connectivity index (χ1v) is 10.4. The van der Waals surface area contributed by atoms with Gasteiger partial charge in [-0.1, -0.05) is 13.8 Å². The summed E-state index contributed by atoms with van der Waals surface area (Å²) < 4.78 is 0. The number of benzene rings is 1. The molecule has 1 amide bonds. The Morgan fingerprint density at radius 2 is 1.88 bits per heavy atom. The van der Waals surface area contributed by atoms with Gasteiger partial charge in [0.1, 0.15) is 0 Å². The highest BCUT2D eigenvalue weighted by Gasteiger charge is 2.31. The van der Waals surface area contributed by atoms with Crippen LogP contribution in [0.5, 0.6) is 0 Å². The van der Waals surface area contributed by atoms with Crippen LogP contribution in [-0.4, -0.2) is 27.5 Å². The number of thioether (sulfide) groups is 1. The minimum absolute atomic E-state index is 0.0767. The lowest BCUT2D eigenvalue weighted by molar-refractivity contribution is -0.138. The van der Waals surface area contributed by atoms with Crippen molar-refractivity contribution in [2.75, 3.05) is 0 Å². The van der Waals surface area contributed by atoms with E-state index in [9.17, 15) is 9.59 Å². The third-order valence-electron chi connectivity index (χ3n) is 4.39. The molecule has 0 unspecified atom stereocenters. The van der Waals surface area contributed by atoms with Crippen LogP contribution in [0.25, 0.3) is 0 Å². The lowest BCUT2D eigenvalue weighted by Crippen LogP contribution is -2.49. The number of carboxylic acid groups (broad SMARTS) is 1. The van der Waals surface area contributed by atoms with Gasteiger partial charge in [-0.15, -0.1) is 23.1 Å². The zero-order valence-corrected chi connectivity index (χ0v) is 16.9. The van der Waals surface area contributed by atoms with Gasteiger partial charge in [-0.3, -0.25) is 9.59 Å². The van der Waals surface area contributed by atoms with E-state index in [1.807, 2.05) is 32.9 Å². The van der Waals surface area contributed by atoms with Gasteiger partial charge in [-0.05, 0) is 44.0 Å². The monoisotopic (exact) mass is 392 g/mol. The van der Waals surface area contributed by atoms with E-state index in [4.69, 9.17) is 5.11 Å². The van der Waals surface area contributed by atoms with E-state index in [0.717, 1.165) is 21.3 Å². The van der Waals surface area contributed by atoms with Gasteiger partial charge in [0.25, 0.3) is 5.91 Å². The van der Waals surface area contributed by atoms with Gasteiger partial charge in [0.2, 0.25) is 0 Å². The third kappa shape index (κ3) is 5.57. The number of nitrogens with zero attached hydrogens (tertiary/aromatic N) is 1. The van der Waals surface area contributed by atoms with E-state index in [1.54, 1.807) is 35.2 Å². The predicted molar refractivity (Wildman–Crippen MR) is 106 cm³/mol. The largest absolute Gasteiger partial charge is 0.481 e. The molecule has 0 radical (unpaired) electrons. The van der Waals surface area contributed by atoms with Crippen molar-refractivity contribution in [2.45, 2.75) is 56.2 Å². The Labute approximate surface area is 162 Å². The number of carboxylic acids is 1. The summed E-state index contributed by atoms with van der Waals surface area (Å²) in [5.41, 5.74) is 0.887. The zero-order valence-electron chi connectivity index (χ0n) is 15.2. The number of aryl methyl sites for hydroxylation is 1. The molecule has 0 spiro atoms. The quantitative estimate of drug-likeness (QED) is 0.614.